The van der Waals surface area contributed by atoms with E-state index in [1.54, 1.807) is 10.9 Å². The van der Waals surface area contributed by atoms with Crippen molar-refractivity contribution in [2.24, 2.45) is 7.05 Å². The molecule has 0 unspecified atom stereocenters. The van der Waals surface area contributed by atoms with Gasteiger partial charge in [-0.3, -0.25) is 4.68 Å². The van der Waals surface area contributed by atoms with E-state index in [1.807, 2.05) is 74.6 Å². The molecular formula is C19H20BrN5O. The van der Waals surface area contributed by atoms with Crippen LogP contribution in [0.4, 0.5) is 21.9 Å². The number of carbonyl (C=O) groups excluding carboxylic acids is 1. The molecule has 0 fully saturated rings. The molecule has 0 spiro atoms. The van der Waals surface area contributed by atoms with Crippen LogP contribution in [0.3, 0.4) is 0 Å². The normalized spacial score (nSPS) is 10.5. The highest BCUT2D eigenvalue weighted by Crippen LogP contribution is 2.29. The topological polar surface area (TPSA) is 62.2 Å². The van der Waals surface area contributed by atoms with Gasteiger partial charge in [0.2, 0.25) is 0 Å². The maximum atomic E-state index is 12.3. The monoisotopic (exact) mass is 413 g/mol. The molecule has 1 heterocycles. The minimum Gasteiger partial charge on any atom is -0.378 e. The van der Waals surface area contributed by atoms with E-state index in [0.717, 1.165) is 27.1 Å². The third kappa shape index (κ3) is 4.05. The predicted octanol–water partition coefficient (Wildman–Crippen LogP) is 4.56. The van der Waals surface area contributed by atoms with E-state index in [4.69, 9.17) is 0 Å². The molecule has 7 heteroatoms. The smallest absolute Gasteiger partial charge is 0.323 e. The van der Waals surface area contributed by atoms with Gasteiger partial charge in [0.1, 0.15) is 0 Å². The molecule has 0 atom stereocenters. The van der Waals surface area contributed by atoms with E-state index >= 15 is 0 Å². The Morgan fingerprint density at radius 3 is 2.38 bits per heavy atom. The Morgan fingerprint density at radius 1 is 1.08 bits per heavy atom. The second-order valence-electron chi connectivity index (χ2n) is 6.07. The van der Waals surface area contributed by atoms with Gasteiger partial charge in [0.05, 0.1) is 16.4 Å². The van der Waals surface area contributed by atoms with Gasteiger partial charge in [-0.15, -0.1) is 0 Å². The van der Waals surface area contributed by atoms with Crippen LogP contribution in [0, 0.1) is 0 Å². The zero-order valence-corrected chi connectivity index (χ0v) is 16.4. The Kier molecular flexibility index (Phi) is 5.27. The summed E-state index contributed by atoms with van der Waals surface area (Å²) in [6.45, 7) is 0. The third-order valence-electron chi connectivity index (χ3n) is 3.93. The summed E-state index contributed by atoms with van der Waals surface area (Å²) in [5.74, 6) is 0. The Hall–Kier alpha value is -2.80. The van der Waals surface area contributed by atoms with Crippen molar-refractivity contribution in [3.8, 4) is 11.3 Å². The fourth-order valence-electron chi connectivity index (χ4n) is 2.62. The SMILES string of the molecule is CN(C)c1ccc(NC(=O)Nc2cccc(-c3c(Br)cnn3C)c2)cc1. The molecule has 134 valence electrons. The molecular weight excluding hydrogens is 394 g/mol. The van der Waals surface area contributed by atoms with Gasteiger partial charge in [-0.2, -0.15) is 5.10 Å². The quantitative estimate of drug-likeness (QED) is 0.658. The highest BCUT2D eigenvalue weighted by Gasteiger charge is 2.10. The van der Waals surface area contributed by atoms with Gasteiger partial charge in [0.15, 0.2) is 0 Å². The van der Waals surface area contributed by atoms with Gasteiger partial charge in [0.25, 0.3) is 0 Å². The first-order valence-electron chi connectivity index (χ1n) is 8.07. The number of aryl methyl sites for hydroxylation is 1. The van der Waals surface area contributed by atoms with Crippen molar-refractivity contribution < 1.29 is 4.79 Å². The molecule has 0 saturated heterocycles. The van der Waals surface area contributed by atoms with Crippen LogP contribution in [0.2, 0.25) is 0 Å². The summed E-state index contributed by atoms with van der Waals surface area (Å²) in [5, 5.41) is 9.93. The number of nitrogens with zero attached hydrogens (tertiary/aromatic N) is 3. The number of nitrogens with one attached hydrogen (secondary N) is 2. The molecule has 0 aliphatic rings. The number of aromatic nitrogens is 2. The first-order valence-corrected chi connectivity index (χ1v) is 8.86. The summed E-state index contributed by atoms with van der Waals surface area (Å²) >= 11 is 3.50. The Morgan fingerprint density at radius 2 is 1.77 bits per heavy atom. The Bertz CT molecular complexity index is 898. The lowest BCUT2D eigenvalue weighted by molar-refractivity contribution is 0.262. The van der Waals surface area contributed by atoms with Crippen molar-refractivity contribution in [2.75, 3.05) is 29.6 Å². The summed E-state index contributed by atoms with van der Waals surface area (Å²) < 4.78 is 2.69. The van der Waals surface area contributed by atoms with Gasteiger partial charge < -0.3 is 15.5 Å². The molecule has 0 aliphatic heterocycles. The van der Waals surface area contributed by atoms with E-state index in [0.29, 0.717) is 5.69 Å². The second-order valence-corrected chi connectivity index (χ2v) is 6.92. The van der Waals surface area contributed by atoms with Crippen molar-refractivity contribution in [3.05, 3.63) is 59.2 Å². The standard InChI is InChI=1S/C19H20BrN5O/c1-24(2)16-9-7-14(8-10-16)22-19(26)23-15-6-4-5-13(11-15)18-17(20)12-21-25(18)3/h4-12H,1-3H3,(H2,22,23,26). The molecule has 0 radical (unpaired) electrons. The number of benzene rings is 2. The van der Waals surface area contributed by atoms with Crippen LogP contribution < -0.4 is 15.5 Å². The average Bonchev–Trinajstić information content (AvgIpc) is 2.94. The molecule has 3 rings (SSSR count). The molecule has 0 saturated carbocycles. The third-order valence-corrected chi connectivity index (χ3v) is 4.51. The van der Waals surface area contributed by atoms with E-state index in [2.05, 4.69) is 31.7 Å². The molecule has 2 N–H and O–H groups in total. The minimum absolute atomic E-state index is 0.288. The summed E-state index contributed by atoms with van der Waals surface area (Å²) in [4.78, 5) is 14.3. The van der Waals surface area contributed by atoms with Gasteiger partial charge in [-0.1, -0.05) is 12.1 Å². The van der Waals surface area contributed by atoms with Crippen molar-refractivity contribution in [1.82, 2.24) is 9.78 Å². The van der Waals surface area contributed by atoms with E-state index in [1.165, 1.54) is 0 Å². The lowest BCUT2D eigenvalue weighted by atomic mass is 10.1. The molecule has 1 aromatic heterocycles. The number of hydrogen-bond acceptors (Lipinski definition) is 3. The Labute approximate surface area is 161 Å². The van der Waals surface area contributed by atoms with E-state index < -0.39 is 0 Å². The lowest BCUT2D eigenvalue weighted by Gasteiger charge is -2.13. The molecule has 6 nitrogen and oxygen atoms in total. The zero-order chi connectivity index (χ0) is 18.7. The minimum atomic E-state index is -0.288. The lowest BCUT2D eigenvalue weighted by Crippen LogP contribution is -2.19. The highest BCUT2D eigenvalue weighted by atomic mass is 79.9. The molecule has 0 bridgehead atoms. The molecule has 26 heavy (non-hydrogen) atoms. The predicted molar refractivity (Wildman–Crippen MR) is 110 cm³/mol. The fraction of sp³-hybridized carbons (Fsp3) is 0.158. The number of anilines is 3. The maximum Gasteiger partial charge on any atom is 0.323 e. The highest BCUT2D eigenvalue weighted by molar-refractivity contribution is 9.10. The first kappa shape index (κ1) is 18.0. The molecule has 0 aliphatic carbocycles. The number of carbonyl (C=O) groups is 1. The van der Waals surface area contributed by atoms with Crippen LogP contribution in [0.5, 0.6) is 0 Å². The van der Waals surface area contributed by atoms with Crippen LogP contribution in [0.15, 0.2) is 59.2 Å². The van der Waals surface area contributed by atoms with Crippen molar-refractivity contribution >= 4 is 39.0 Å². The molecule has 2 aromatic carbocycles. The summed E-state index contributed by atoms with van der Waals surface area (Å²) in [6.07, 6.45) is 1.75. The number of rotatable bonds is 4. The number of amides is 2. The molecule has 2 amide bonds. The molecule has 3 aromatic rings. The van der Waals surface area contributed by atoms with Gasteiger partial charge in [-0.25, -0.2) is 4.79 Å². The zero-order valence-electron chi connectivity index (χ0n) is 14.8. The van der Waals surface area contributed by atoms with Gasteiger partial charge in [0, 0.05) is 43.8 Å². The maximum absolute atomic E-state index is 12.3. The van der Waals surface area contributed by atoms with Crippen LogP contribution >= 0.6 is 15.9 Å². The van der Waals surface area contributed by atoms with Crippen LogP contribution in [0.25, 0.3) is 11.3 Å². The number of urea groups is 1. The van der Waals surface area contributed by atoms with Crippen LogP contribution in [0.1, 0.15) is 0 Å². The van der Waals surface area contributed by atoms with Gasteiger partial charge >= 0.3 is 6.03 Å². The van der Waals surface area contributed by atoms with Crippen molar-refractivity contribution in [1.29, 1.82) is 0 Å². The summed E-state index contributed by atoms with van der Waals surface area (Å²) in [5.41, 5.74) is 4.43. The van der Waals surface area contributed by atoms with Crippen molar-refractivity contribution in [2.45, 2.75) is 0 Å². The summed E-state index contributed by atoms with van der Waals surface area (Å²) in [6, 6.07) is 15.0. The van der Waals surface area contributed by atoms with Crippen molar-refractivity contribution in [3.63, 3.8) is 0 Å². The van der Waals surface area contributed by atoms with E-state index in [-0.39, 0.29) is 6.03 Å². The van der Waals surface area contributed by atoms with E-state index in [9.17, 15) is 4.79 Å². The van der Waals surface area contributed by atoms with Crippen LogP contribution in [-0.2, 0) is 7.05 Å². The second kappa shape index (κ2) is 7.61. The summed E-state index contributed by atoms with van der Waals surface area (Å²) in [7, 11) is 5.83. The Balaban J connectivity index is 1.71. The fourth-order valence-corrected chi connectivity index (χ4v) is 3.19. The average molecular weight is 414 g/mol. The first-order chi connectivity index (χ1) is 12.4. The number of halogens is 1. The largest absolute Gasteiger partial charge is 0.378 e. The number of hydrogen-bond donors (Lipinski definition) is 2. The van der Waals surface area contributed by atoms with Crippen LogP contribution in [-0.4, -0.2) is 29.9 Å². The van der Waals surface area contributed by atoms with Gasteiger partial charge in [-0.05, 0) is 52.3 Å².